The number of carbonyl (C=O) groups excluding carboxylic acids is 1. The van der Waals surface area contributed by atoms with Crippen molar-refractivity contribution in [1.29, 1.82) is 0 Å². The van der Waals surface area contributed by atoms with Gasteiger partial charge in [-0.1, -0.05) is 36.4 Å². The second-order valence-corrected chi connectivity index (χ2v) is 7.55. The first-order valence-electron chi connectivity index (χ1n) is 9.85. The van der Waals surface area contributed by atoms with Gasteiger partial charge in [-0.05, 0) is 18.2 Å². The van der Waals surface area contributed by atoms with E-state index in [2.05, 4.69) is 4.90 Å². The van der Waals surface area contributed by atoms with E-state index in [9.17, 15) is 9.18 Å². The molecule has 0 bridgehead atoms. The van der Waals surface area contributed by atoms with Crippen LogP contribution in [0.3, 0.4) is 0 Å². The summed E-state index contributed by atoms with van der Waals surface area (Å²) in [6.45, 7) is 4.11. The molecule has 2 aromatic carbocycles. The van der Waals surface area contributed by atoms with Gasteiger partial charge in [-0.25, -0.2) is 9.07 Å². The van der Waals surface area contributed by atoms with Crippen LogP contribution >= 0.6 is 0 Å². The van der Waals surface area contributed by atoms with Gasteiger partial charge in [0.1, 0.15) is 5.82 Å². The number of amides is 1. The van der Waals surface area contributed by atoms with Crippen molar-refractivity contribution >= 4 is 5.91 Å². The number of nitrogens with zero attached hydrogens (tertiary/aromatic N) is 4. The molecule has 0 aliphatic carbocycles. The maximum Gasteiger partial charge on any atom is 0.219 e. The number of carbonyl (C=O) groups is 1. The van der Waals surface area contributed by atoms with Crippen LogP contribution < -0.4 is 0 Å². The lowest BCUT2D eigenvalue weighted by Crippen LogP contribution is -2.32. The quantitative estimate of drug-likeness (QED) is 0.667. The number of benzene rings is 2. The largest absolute Gasteiger partial charge is 0.340 e. The lowest BCUT2D eigenvalue weighted by molar-refractivity contribution is -0.128. The summed E-state index contributed by atoms with van der Waals surface area (Å²) in [6, 6.07) is 17.0. The number of rotatable bonds is 5. The number of halogens is 1. The standard InChI is InChI=1S/C23H25FN4O/c1-17(29)26(2)16-22-20-15-27(14-18-8-6-7-11-21(18)24)13-12-23(20)28(25-22)19-9-4-3-5-10-19/h3-11H,12-16H2,1-2H3. The summed E-state index contributed by atoms with van der Waals surface area (Å²) in [6.07, 6.45) is 0.829. The molecule has 0 unspecified atom stereocenters. The van der Waals surface area contributed by atoms with Gasteiger partial charge in [-0.3, -0.25) is 9.69 Å². The molecule has 4 rings (SSSR count). The Kier molecular flexibility index (Phi) is 5.45. The van der Waals surface area contributed by atoms with Gasteiger partial charge in [-0.15, -0.1) is 0 Å². The normalized spacial score (nSPS) is 13.9. The van der Waals surface area contributed by atoms with Crippen molar-refractivity contribution in [2.24, 2.45) is 0 Å². The topological polar surface area (TPSA) is 41.4 Å². The van der Waals surface area contributed by atoms with Gasteiger partial charge in [0.25, 0.3) is 0 Å². The van der Waals surface area contributed by atoms with Gasteiger partial charge in [0.2, 0.25) is 5.91 Å². The molecule has 0 atom stereocenters. The summed E-state index contributed by atoms with van der Waals surface area (Å²) in [5.74, 6) is -0.165. The maximum atomic E-state index is 14.1. The second kappa shape index (κ2) is 8.17. The number of hydrogen-bond donors (Lipinski definition) is 0. The Morgan fingerprint density at radius 2 is 1.86 bits per heavy atom. The zero-order valence-corrected chi connectivity index (χ0v) is 16.8. The molecule has 3 aromatic rings. The van der Waals surface area contributed by atoms with Crippen molar-refractivity contribution in [2.75, 3.05) is 13.6 Å². The van der Waals surface area contributed by atoms with Crippen LogP contribution in [-0.4, -0.2) is 39.1 Å². The lowest BCUT2D eigenvalue weighted by atomic mass is 10.0. The fourth-order valence-electron chi connectivity index (χ4n) is 3.79. The van der Waals surface area contributed by atoms with Crippen molar-refractivity contribution in [1.82, 2.24) is 19.6 Å². The second-order valence-electron chi connectivity index (χ2n) is 7.55. The molecule has 1 amide bonds. The van der Waals surface area contributed by atoms with Crippen molar-refractivity contribution in [3.05, 3.63) is 82.9 Å². The average molecular weight is 392 g/mol. The fraction of sp³-hybridized carbons (Fsp3) is 0.304. The van der Waals surface area contributed by atoms with E-state index in [1.165, 1.54) is 11.8 Å². The summed E-state index contributed by atoms with van der Waals surface area (Å²) in [5, 5.41) is 4.87. The molecule has 5 nitrogen and oxygen atoms in total. The van der Waals surface area contributed by atoms with Crippen LogP contribution in [0.1, 0.15) is 29.4 Å². The van der Waals surface area contributed by atoms with Crippen LogP contribution in [-0.2, 0) is 30.8 Å². The Morgan fingerprint density at radius 1 is 1.14 bits per heavy atom. The first-order chi connectivity index (χ1) is 14.0. The van der Waals surface area contributed by atoms with Gasteiger partial charge in [0.15, 0.2) is 0 Å². The first kappa shape index (κ1) is 19.3. The third-order valence-corrected chi connectivity index (χ3v) is 5.50. The zero-order valence-electron chi connectivity index (χ0n) is 16.8. The van der Waals surface area contributed by atoms with Gasteiger partial charge in [0, 0.05) is 51.2 Å². The summed E-state index contributed by atoms with van der Waals surface area (Å²) in [4.78, 5) is 15.7. The predicted molar refractivity (Wildman–Crippen MR) is 110 cm³/mol. The molecule has 0 saturated carbocycles. The van der Waals surface area contributed by atoms with Gasteiger partial charge >= 0.3 is 0 Å². The van der Waals surface area contributed by atoms with E-state index in [1.54, 1.807) is 24.9 Å². The van der Waals surface area contributed by atoms with Crippen LogP contribution in [0.25, 0.3) is 5.69 Å². The minimum absolute atomic E-state index is 0.00651. The monoisotopic (exact) mass is 392 g/mol. The van der Waals surface area contributed by atoms with Crippen molar-refractivity contribution in [3.8, 4) is 5.69 Å². The molecule has 1 aliphatic rings. The molecule has 0 spiro atoms. The fourth-order valence-corrected chi connectivity index (χ4v) is 3.79. The number of para-hydroxylation sites is 1. The van der Waals surface area contributed by atoms with E-state index in [0.717, 1.165) is 29.9 Å². The summed E-state index contributed by atoms with van der Waals surface area (Å²) >= 11 is 0. The summed E-state index contributed by atoms with van der Waals surface area (Å²) in [7, 11) is 1.79. The van der Waals surface area contributed by atoms with E-state index in [-0.39, 0.29) is 11.7 Å². The highest BCUT2D eigenvalue weighted by Gasteiger charge is 2.26. The van der Waals surface area contributed by atoms with Crippen molar-refractivity contribution < 1.29 is 9.18 Å². The molecule has 6 heteroatoms. The molecular weight excluding hydrogens is 367 g/mol. The molecule has 0 N–H and O–H groups in total. The average Bonchev–Trinajstić information content (AvgIpc) is 3.08. The molecule has 0 saturated heterocycles. The first-order valence-corrected chi connectivity index (χ1v) is 9.85. The van der Waals surface area contributed by atoms with Crippen LogP contribution in [0, 0.1) is 5.82 Å². The van der Waals surface area contributed by atoms with Crippen LogP contribution in [0.2, 0.25) is 0 Å². The molecule has 150 valence electrons. The van der Waals surface area contributed by atoms with Crippen molar-refractivity contribution in [2.45, 2.75) is 33.0 Å². The number of aromatic nitrogens is 2. The lowest BCUT2D eigenvalue weighted by Gasteiger charge is -2.28. The Balaban J connectivity index is 1.66. The molecule has 1 aliphatic heterocycles. The Morgan fingerprint density at radius 3 is 2.59 bits per heavy atom. The molecular formula is C23H25FN4O. The highest BCUT2D eigenvalue weighted by molar-refractivity contribution is 5.72. The van der Waals surface area contributed by atoms with Crippen LogP contribution in [0.15, 0.2) is 54.6 Å². The highest BCUT2D eigenvalue weighted by Crippen LogP contribution is 2.27. The van der Waals surface area contributed by atoms with E-state index in [4.69, 9.17) is 5.10 Å². The van der Waals surface area contributed by atoms with Crippen LogP contribution in [0.4, 0.5) is 4.39 Å². The van der Waals surface area contributed by atoms with E-state index in [1.807, 2.05) is 47.1 Å². The molecule has 29 heavy (non-hydrogen) atoms. The predicted octanol–water partition coefficient (Wildman–Crippen LogP) is 3.55. The molecule has 0 radical (unpaired) electrons. The molecule has 2 heterocycles. The van der Waals surface area contributed by atoms with Crippen molar-refractivity contribution in [3.63, 3.8) is 0 Å². The third-order valence-electron chi connectivity index (χ3n) is 5.50. The van der Waals surface area contributed by atoms with Crippen LogP contribution in [0.5, 0.6) is 0 Å². The Hall–Kier alpha value is -2.99. The molecule has 1 aromatic heterocycles. The van der Waals surface area contributed by atoms with E-state index >= 15 is 0 Å². The van der Waals surface area contributed by atoms with Gasteiger partial charge in [0.05, 0.1) is 23.6 Å². The highest BCUT2D eigenvalue weighted by atomic mass is 19.1. The maximum absolute atomic E-state index is 14.1. The minimum atomic E-state index is -0.171. The zero-order chi connectivity index (χ0) is 20.4. The van der Waals surface area contributed by atoms with E-state index in [0.29, 0.717) is 25.2 Å². The molecule has 0 fully saturated rings. The SMILES string of the molecule is CC(=O)N(C)Cc1nn(-c2ccccc2)c2c1CN(Cc1ccccc1F)CC2. The smallest absolute Gasteiger partial charge is 0.219 e. The number of hydrogen-bond acceptors (Lipinski definition) is 3. The third kappa shape index (κ3) is 4.07. The van der Waals surface area contributed by atoms with Gasteiger partial charge in [-0.2, -0.15) is 5.10 Å². The van der Waals surface area contributed by atoms with Gasteiger partial charge < -0.3 is 4.90 Å². The van der Waals surface area contributed by atoms with E-state index < -0.39 is 0 Å². The number of fused-ring (bicyclic) bond motifs is 1. The Labute approximate surface area is 170 Å². The minimum Gasteiger partial charge on any atom is -0.340 e. The Bertz CT molecular complexity index is 1010. The summed E-state index contributed by atoms with van der Waals surface area (Å²) < 4.78 is 16.1. The summed E-state index contributed by atoms with van der Waals surface area (Å²) in [5.41, 5.74) is 4.94.